The van der Waals surface area contributed by atoms with E-state index < -0.39 is 5.54 Å². The van der Waals surface area contributed by atoms with Crippen molar-refractivity contribution in [2.24, 2.45) is 5.73 Å². The number of nitrogens with two attached hydrogens (primary N) is 1. The van der Waals surface area contributed by atoms with Gasteiger partial charge in [0, 0.05) is 9.79 Å². The Balaban J connectivity index is 1.78. The maximum Gasteiger partial charge on any atom is 0.244 e. The lowest BCUT2D eigenvalue weighted by Gasteiger charge is -2.36. The zero-order valence-corrected chi connectivity index (χ0v) is 12.5. The number of benzene rings is 2. The normalized spacial score (nSPS) is 16.0. The lowest BCUT2D eigenvalue weighted by molar-refractivity contribution is -0.123. The molecule has 0 aromatic heterocycles. The SMILES string of the molecule is NC1(C(=O)Nc2ccccc2Sc2ccccc2)CCC1. The number of nitrogens with one attached hydrogen (secondary N) is 1. The minimum absolute atomic E-state index is 0.0742. The number of amides is 1. The highest BCUT2D eigenvalue weighted by Crippen LogP contribution is 2.35. The van der Waals surface area contributed by atoms with Gasteiger partial charge in [0.2, 0.25) is 5.91 Å². The van der Waals surface area contributed by atoms with Crippen LogP contribution < -0.4 is 11.1 Å². The van der Waals surface area contributed by atoms with E-state index in [9.17, 15) is 4.79 Å². The van der Waals surface area contributed by atoms with E-state index in [1.54, 1.807) is 11.8 Å². The third kappa shape index (κ3) is 3.12. The summed E-state index contributed by atoms with van der Waals surface area (Å²) in [5.74, 6) is -0.0742. The van der Waals surface area contributed by atoms with Crippen molar-refractivity contribution < 1.29 is 4.79 Å². The fourth-order valence-corrected chi connectivity index (χ4v) is 3.23. The van der Waals surface area contributed by atoms with Crippen LogP contribution >= 0.6 is 11.8 Å². The van der Waals surface area contributed by atoms with E-state index in [1.807, 2.05) is 42.5 Å². The van der Waals surface area contributed by atoms with Crippen LogP contribution in [0.5, 0.6) is 0 Å². The topological polar surface area (TPSA) is 55.1 Å². The van der Waals surface area contributed by atoms with E-state index in [4.69, 9.17) is 5.73 Å². The molecule has 0 heterocycles. The molecule has 2 aromatic rings. The number of para-hydroxylation sites is 1. The summed E-state index contributed by atoms with van der Waals surface area (Å²) in [6.07, 6.45) is 2.57. The Hall–Kier alpha value is -1.78. The highest BCUT2D eigenvalue weighted by molar-refractivity contribution is 7.99. The van der Waals surface area contributed by atoms with Gasteiger partial charge in [0.05, 0.1) is 11.2 Å². The van der Waals surface area contributed by atoms with Crippen LogP contribution in [-0.2, 0) is 4.79 Å². The van der Waals surface area contributed by atoms with E-state index in [2.05, 4.69) is 17.4 Å². The molecule has 21 heavy (non-hydrogen) atoms. The zero-order valence-electron chi connectivity index (χ0n) is 11.7. The Labute approximate surface area is 128 Å². The second-order valence-electron chi connectivity index (χ2n) is 5.38. The molecule has 4 heteroatoms. The first-order valence-corrected chi connectivity index (χ1v) is 7.91. The first-order chi connectivity index (χ1) is 10.2. The van der Waals surface area contributed by atoms with Gasteiger partial charge in [0.25, 0.3) is 0 Å². The average Bonchev–Trinajstić information content (AvgIpc) is 2.48. The number of carbonyl (C=O) groups is 1. The van der Waals surface area contributed by atoms with Crippen molar-refractivity contribution in [2.75, 3.05) is 5.32 Å². The van der Waals surface area contributed by atoms with Crippen molar-refractivity contribution in [3.8, 4) is 0 Å². The van der Waals surface area contributed by atoms with Gasteiger partial charge in [0.15, 0.2) is 0 Å². The number of hydrogen-bond donors (Lipinski definition) is 2. The smallest absolute Gasteiger partial charge is 0.244 e. The fraction of sp³-hybridized carbons (Fsp3) is 0.235. The average molecular weight is 298 g/mol. The van der Waals surface area contributed by atoms with Gasteiger partial charge in [-0.15, -0.1) is 0 Å². The van der Waals surface area contributed by atoms with E-state index in [0.717, 1.165) is 34.7 Å². The van der Waals surface area contributed by atoms with Crippen LogP contribution in [0, 0.1) is 0 Å². The van der Waals surface area contributed by atoms with Crippen molar-refractivity contribution in [1.82, 2.24) is 0 Å². The molecule has 3 nitrogen and oxygen atoms in total. The molecule has 3 rings (SSSR count). The van der Waals surface area contributed by atoms with E-state index in [-0.39, 0.29) is 5.91 Å². The molecule has 3 N–H and O–H groups in total. The summed E-state index contributed by atoms with van der Waals surface area (Å²) in [7, 11) is 0. The summed E-state index contributed by atoms with van der Waals surface area (Å²) in [5.41, 5.74) is 6.23. The summed E-state index contributed by atoms with van der Waals surface area (Å²) in [6, 6.07) is 17.9. The van der Waals surface area contributed by atoms with E-state index in [0.29, 0.717) is 0 Å². The molecule has 1 aliphatic rings. The third-order valence-electron chi connectivity index (χ3n) is 3.80. The molecule has 0 unspecified atom stereocenters. The Morgan fingerprint density at radius 3 is 2.38 bits per heavy atom. The second-order valence-corrected chi connectivity index (χ2v) is 6.49. The summed E-state index contributed by atoms with van der Waals surface area (Å²) >= 11 is 1.64. The Morgan fingerprint density at radius 1 is 1.05 bits per heavy atom. The molecular formula is C17H18N2OS. The Kier molecular flexibility index (Phi) is 3.99. The van der Waals surface area contributed by atoms with Gasteiger partial charge in [-0.1, -0.05) is 42.1 Å². The molecule has 1 aliphatic carbocycles. The second kappa shape index (κ2) is 5.92. The highest BCUT2D eigenvalue weighted by Gasteiger charge is 2.40. The molecule has 0 atom stereocenters. The maximum absolute atomic E-state index is 12.3. The Morgan fingerprint density at radius 2 is 1.71 bits per heavy atom. The summed E-state index contributed by atoms with van der Waals surface area (Å²) in [5, 5.41) is 2.99. The maximum atomic E-state index is 12.3. The summed E-state index contributed by atoms with van der Waals surface area (Å²) < 4.78 is 0. The first kappa shape index (κ1) is 14.2. The molecule has 0 saturated heterocycles. The van der Waals surface area contributed by atoms with Crippen LogP contribution in [0.3, 0.4) is 0 Å². The van der Waals surface area contributed by atoms with Crippen molar-refractivity contribution in [1.29, 1.82) is 0 Å². The van der Waals surface area contributed by atoms with Crippen LogP contribution in [-0.4, -0.2) is 11.4 Å². The van der Waals surface area contributed by atoms with Crippen LogP contribution in [0.2, 0.25) is 0 Å². The predicted octanol–water partition coefficient (Wildman–Crippen LogP) is 3.66. The van der Waals surface area contributed by atoms with Crippen molar-refractivity contribution >= 4 is 23.4 Å². The van der Waals surface area contributed by atoms with E-state index >= 15 is 0 Å². The summed E-state index contributed by atoms with van der Waals surface area (Å²) in [4.78, 5) is 14.4. The van der Waals surface area contributed by atoms with Gasteiger partial charge in [-0.2, -0.15) is 0 Å². The molecule has 1 saturated carbocycles. The standard InChI is InChI=1S/C17H18N2OS/c18-17(11-6-12-17)16(20)19-14-9-4-5-10-15(14)21-13-7-2-1-3-8-13/h1-5,7-10H,6,11-12,18H2,(H,19,20). The minimum atomic E-state index is -0.676. The first-order valence-electron chi connectivity index (χ1n) is 7.10. The van der Waals surface area contributed by atoms with E-state index in [1.165, 1.54) is 0 Å². The van der Waals surface area contributed by atoms with Gasteiger partial charge >= 0.3 is 0 Å². The predicted molar refractivity (Wildman–Crippen MR) is 86.4 cm³/mol. The molecule has 0 bridgehead atoms. The fourth-order valence-electron chi connectivity index (χ4n) is 2.31. The van der Waals surface area contributed by atoms with Crippen molar-refractivity contribution in [3.05, 3.63) is 54.6 Å². The van der Waals surface area contributed by atoms with Gasteiger partial charge in [-0.05, 0) is 43.5 Å². The van der Waals surface area contributed by atoms with Gasteiger partial charge < -0.3 is 11.1 Å². The quantitative estimate of drug-likeness (QED) is 0.905. The van der Waals surface area contributed by atoms with Crippen LogP contribution in [0.15, 0.2) is 64.4 Å². The molecule has 0 aliphatic heterocycles. The molecule has 0 spiro atoms. The number of anilines is 1. The number of carbonyl (C=O) groups excluding carboxylic acids is 1. The lowest BCUT2D eigenvalue weighted by atomic mass is 9.77. The monoisotopic (exact) mass is 298 g/mol. The van der Waals surface area contributed by atoms with Gasteiger partial charge in [-0.25, -0.2) is 0 Å². The molecule has 108 valence electrons. The largest absolute Gasteiger partial charge is 0.323 e. The van der Waals surface area contributed by atoms with Crippen LogP contribution in [0.4, 0.5) is 5.69 Å². The molecule has 2 aromatic carbocycles. The minimum Gasteiger partial charge on any atom is -0.323 e. The summed E-state index contributed by atoms with van der Waals surface area (Å²) in [6.45, 7) is 0. The lowest BCUT2D eigenvalue weighted by Crippen LogP contribution is -2.56. The van der Waals surface area contributed by atoms with Crippen LogP contribution in [0.1, 0.15) is 19.3 Å². The molecule has 1 amide bonds. The number of hydrogen-bond acceptors (Lipinski definition) is 3. The van der Waals surface area contributed by atoms with Crippen LogP contribution in [0.25, 0.3) is 0 Å². The van der Waals surface area contributed by atoms with Gasteiger partial charge in [0.1, 0.15) is 0 Å². The molecule has 0 radical (unpaired) electrons. The molecular weight excluding hydrogens is 280 g/mol. The van der Waals surface area contributed by atoms with Gasteiger partial charge in [-0.3, -0.25) is 4.79 Å². The zero-order chi connectivity index (χ0) is 14.7. The van der Waals surface area contributed by atoms with Crippen molar-refractivity contribution in [3.63, 3.8) is 0 Å². The highest BCUT2D eigenvalue weighted by atomic mass is 32.2. The third-order valence-corrected chi connectivity index (χ3v) is 4.89. The Bertz CT molecular complexity index is 638. The van der Waals surface area contributed by atoms with Crippen molar-refractivity contribution in [2.45, 2.75) is 34.6 Å². The number of rotatable bonds is 4. The molecule has 1 fully saturated rings.